The molecule has 2 atom stereocenters. The van der Waals surface area contributed by atoms with E-state index in [1.807, 2.05) is 0 Å². The van der Waals surface area contributed by atoms with Gasteiger partial charge >= 0.3 is 0 Å². The molecule has 1 fully saturated rings. The van der Waals surface area contributed by atoms with Gasteiger partial charge in [0, 0.05) is 12.5 Å². The molecule has 0 unspecified atom stereocenters. The van der Waals surface area contributed by atoms with Crippen molar-refractivity contribution in [1.29, 1.82) is 0 Å². The molecule has 5 heteroatoms. The second-order valence-corrected chi connectivity index (χ2v) is 4.69. The zero-order chi connectivity index (χ0) is 7.78. The molecule has 0 aromatic rings. The summed E-state index contributed by atoms with van der Waals surface area (Å²) < 4.78 is 33.9. The molecular formula is C5H9FO3S. The Kier molecular flexibility index (Phi) is 1.96. The molecule has 1 saturated heterocycles. The fourth-order valence-corrected chi connectivity index (χ4v) is 2.90. The summed E-state index contributed by atoms with van der Waals surface area (Å²) in [4.78, 5) is 0. The van der Waals surface area contributed by atoms with Crippen LogP contribution in [0.25, 0.3) is 0 Å². The molecule has 0 spiro atoms. The van der Waals surface area contributed by atoms with Crippen LogP contribution in [0, 0.1) is 5.92 Å². The molecule has 0 saturated carbocycles. The first kappa shape index (κ1) is 7.94. The molecule has 60 valence electrons. The maximum absolute atomic E-state index is 12.5. The van der Waals surface area contributed by atoms with Crippen LogP contribution in [0.4, 0.5) is 4.39 Å². The monoisotopic (exact) mass is 168 g/mol. The Balaban J connectivity index is 2.71. The summed E-state index contributed by atoms with van der Waals surface area (Å²) in [7, 11) is -3.19. The van der Waals surface area contributed by atoms with E-state index in [0.29, 0.717) is 0 Å². The number of aliphatic hydroxyl groups is 1. The minimum absolute atomic E-state index is 0.204. The van der Waals surface area contributed by atoms with Crippen molar-refractivity contribution in [3.05, 3.63) is 0 Å². The number of sulfone groups is 1. The smallest absolute Gasteiger partial charge is 0.153 e. The van der Waals surface area contributed by atoms with E-state index >= 15 is 0 Å². The maximum atomic E-state index is 12.5. The minimum Gasteiger partial charge on any atom is -0.396 e. The van der Waals surface area contributed by atoms with Crippen molar-refractivity contribution in [1.82, 2.24) is 0 Å². The molecule has 1 aliphatic heterocycles. The molecular weight excluding hydrogens is 159 g/mol. The highest BCUT2D eigenvalue weighted by atomic mass is 32.2. The fourth-order valence-electron chi connectivity index (χ4n) is 1.04. The maximum Gasteiger partial charge on any atom is 0.153 e. The zero-order valence-corrected chi connectivity index (χ0v) is 6.14. The van der Waals surface area contributed by atoms with Crippen molar-refractivity contribution in [2.75, 3.05) is 18.1 Å². The van der Waals surface area contributed by atoms with E-state index in [9.17, 15) is 12.8 Å². The quantitative estimate of drug-likeness (QED) is 0.566. The van der Waals surface area contributed by atoms with E-state index < -0.39 is 27.7 Å². The topological polar surface area (TPSA) is 54.4 Å². The largest absolute Gasteiger partial charge is 0.396 e. The van der Waals surface area contributed by atoms with Gasteiger partial charge < -0.3 is 5.11 Å². The van der Waals surface area contributed by atoms with Crippen molar-refractivity contribution in [3.63, 3.8) is 0 Å². The van der Waals surface area contributed by atoms with E-state index in [2.05, 4.69) is 0 Å². The van der Waals surface area contributed by atoms with Crippen LogP contribution in [0.3, 0.4) is 0 Å². The molecule has 0 amide bonds. The van der Waals surface area contributed by atoms with Gasteiger partial charge in [-0.1, -0.05) is 0 Å². The zero-order valence-electron chi connectivity index (χ0n) is 5.33. The van der Waals surface area contributed by atoms with Crippen LogP contribution in [0.15, 0.2) is 0 Å². The molecule has 1 aliphatic rings. The van der Waals surface area contributed by atoms with Crippen molar-refractivity contribution in [3.8, 4) is 0 Å². The molecule has 1 rings (SSSR count). The van der Waals surface area contributed by atoms with E-state index in [1.54, 1.807) is 0 Å². The molecule has 0 aromatic heterocycles. The number of rotatable bonds is 1. The SMILES string of the molecule is O=S1(=O)C[C@@H](CO)[C@H](F)C1. The Hall–Kier alpha value is -0.160. The van der Waals surface area contributed by atoms with E-state index in [0.717, 1.165) is 0 Å². The van der Waals surface area contributed by atoms with Crippen molar-refractivity contribution >= 4 is 9.84 Å². The summed E-state index contributed by atoms with van der Waals surface area (Å²) in [6.07, 6.45) is -1.37. The van der Waals surface area contributed by atoms with Gasteiger partial charge in [-0.2, -0.15) is 0 Å². The summed E-state index contributed by atoms with van der Waals surface area (Å²) in [5.74, 6) is -1.31. The average Bonchev–Trinajstić information content (AvgIpc) is 2.05. The minimum atomic E-state index is -3.19. The van der Waals surface area contributed by atoms with Gasteiger partial charge in [0.05, 0.1) is 11.5 Å². The molecule has 10 heavy (non-hydrogen) atoms. The highest BCUT2D eigenvalue weighted by Crippen LogP contribution is 2.21. The highest BCUT2D eigenvalue weighted by molar-refractivity contribution is 7.91. The second-order valence-electron chi connectivity index (χ2n) is 2.54. The van der Waals surface area contributed by atoms with Crippen LogP contribution in [0.2, 0.25) is 0 Å². The van der Waals surface area contributed by atoms with Gasteiger partial charge in [-0.15, -0.1) is 0 Å². The summed E-state index contributed by atoms with van der Waals surface area (Å²) in [5, 5.41) is 8.46. The summed E-state index contributed by atoms with van der Waals surface area (Å²) >= 11 is 0. The van der Waals surface area contributed by atoms with Crippen LogP contribution < -0.4 is 0 Å². The van der Waals surface area contributed by atoms with Crippen LogP contribution >= 0.6 is 0 Å². The lowest BCUT2D eigenvalue weighted by molar-refractivity contribution is 0.175. The van der Waals surface area contributed by atoms with Crippen molar-refractivity contribution < 1.29 is 17.9 Å². The molecule has 1 N–H and O–H groups in total. The van der Waals surface area contributed by atoms with Gasteiger partial charge in [0.25, 0.3) is 0 Å². The lowest BCUT2D eigenvalue weighted by atomic mass is 10.1. The summed E-state index contributed by atoms with van der Waals surface area (Å²) in [5.41, 5.74) is 0. The highest BCUT2D eigenvalue weighted by Gasteiger charge is 2.37. The van der Waals surface area contributed by atoms with E-state index in [1.165, 1.54) is 0 Å². The van der Waals surface area contributed by atoms with Crippen LogP contribution in [-0.4, -0.2) is 37.8 Å². The molecule has 0 aromatic carbocycles. The van der Waals surface area contributed by atoms with Crippen LogP contribution in [0.1, 0.15) is 0 Å². The van der Waals surface area contributed by atoms with Crippen LogP contribution in [0.5, 0.6) is 0 Å². The Labute approximate surface area is 58.8 Å². The van der Waals surface area contributed by atoms with Crippen LogP contribution in [-0.2, 0) is 9.84 Å². The lowest BCUT2D eigenvalue weighted by Gasteiger charge is -2.03. The second kappa shape index (κ2) is 2.47. The van der Waals surface area contributed by atoms with Gasteiger partial charge in [-0.3, -0.25) is 0 Å². The Morgan fingerprint density at radius 2 is 2.10 bits per heavy atom. The molecule has 1 heterocycles. The molecule has 0 radical (unpaired) electrons. The van der Waals surface area contributed by atoms with Crippen molar-refractivity contribution in [2.45, 2.75) is 6.17 Å². The average molecular weight is 168 g/mol. The Morgan fingerprint density at radius 3 is 2.30 bits per heavy atom. The third-order valence-corrected chi connectivity index (χ3v) is 3.39. The molecule has 0 bridgehead atoms. The standard InChI is InChI=1S/C5H9FO3S/c6-5-3-10(8,9)2-4(5)1-7/h4-5,7H,1-3H2/t4-,5-/m1/s1. The first-order valence-corrected chi connectivity index (χ1v) is 4.82. The van der Waals surface area contributed by atoms with Gasteiger partial charge in [0.15, 0.2) is 9.84 Å². The number of aliphatic hydroxyl groups excluding tert-OH is 1. The van der Waals surface area contributed by atoms with Gasteiger partial charge in [-0.25, -0.2) is 12.8 Å². The third-order valence-electron chi connectivity index (χ3n) is 1.63. The summed E-state index contributed by atoms with van der Waals surface area (Å²) in [6, 6.07) is 0. The molecule has 3 nitrogen and oxygen atoms in total. The number of halogens is 1. The van der Waals surface area contributed by atoms with E-state index in [4.69, 9.17) is 5.11 Å². The predicted octanol–water partition coefficient (Wildman–Crippen LogP) is -0.639. The van der Waals surface area contributed by atoms with E-state index in [-0.39, 0.29) is 12.4 Å². The van der Waals surface area contributed by atoms with Gasteiger partial charge in [0.1, 0.15) is 6.17 Å². The predicted molar refractivity (Wildman–Crippen MR) is 34.1 cm³/mol. The first-order valence-electron chi connectivity index (χ1n) is 3.00. The summed E-state index contributed by atoms with van der Waals surface area (Å²) in [6.45, 7) is -0.375. The molecule has 0 aliphatic carbocycles. The number of hydrogen-bond acceptors (Lipinski definition) is 3. The van der Waals surface area contributed by atoms with Gasteiger partial charge in [0.2, 0.25) is 0 Å². The fraction of sp³-hybridized carbons (Fsp3) is 1.00. The first-order chi connectivity index (χ1) is 4.55. The Morgan fingerprint density at radius 1 is 1.50 bits per heavy atom. The number of alkyl halides is 1. The lowest BCUT2D eigenvalue weighted by Crippen LogP contribution is -2.16. The number of hydrogen-bond donors (Lipinski definition) is 1. The Bertz CT molecular complexity index is 211. The third kappa shape index (κ3) is 1.46. The van der Waals surface area contributed by atoms with Gasteiger partial charge in [-0.05, 0) is 0 Å². The normalized spacial score (nSPS) is 38.2. The van der Waals surface area contributed by atoms with Crippen molar-refractivity contribution in [2.24, 2.45) is 5.92 Å².